The summed E-state index contributed by atoms with van der Waals surface area (Å²) in [4.78, 5) is 20.3. The average Bonchev–Trinajstić information content (AvgIpc) is 3.36. The number of aryl methyl sites for hydroxylation is 2. The first-order valence-corrected chi connectivity index (χ1v) is 10.2. The van der Waals surface area contributed by atoms with Crippen molar-refractivity contribution in [2.45, 2.75) is 44.6 Å². The third-order valence-corrected chi connectivity index (χ3v) is 6.77. The predicted molar refractivity (Wildman–Crippen MR) is 102 cm³/mol. The quantitative estimate of drug-likeness (QED) is 0.691. The van der Waals surface area contributed by atoms with Crippen molar-refractivity contribution in [3.63, 3.8) is 0 Å². The van der Waals surface area contributed by atoms with Gasteiger partial charge in [0.2, 0.25) is 0 Å². The Bertz CT molecular complexity index is 956. The summed E-state index contributed by atoms with van der Waals surface area (Å²) in [6, 6.07) is 8.31. The SMILES string of the molecule is Cn1nc2c(c1C(=O)N1CCC[C@H]1c1nc3ccccc3s1)CCCC2. The molecule has 1 aromatic carbocycles. The van der Waals surface area contributed by atoms with Crippen LogP contribution in [0.15, 0.2) is 24.3 Å². The van der Waals surface area contributed by atoms with E-state index in [2.05, 4.69) is 11.2 Å². The Hall–Kier alpha value is -2.21. The summed E-state index contributed by atoms with van der Waals surface area (Å²) in [5, 5.41) is 5.70. The average molecular weight is 366 g/mol. The molecule has 134 valence electrons. The second-order valence-electron chi connectivity index (χ2n) is 7.28. The highest BCUT2D eigenvalue weighted by Gasteiger charge is 2.36. The van der Waals surface area contributed by atoms with Crippen LogP contribution in [-0.2, 0) is 19.9 Å². The van der Waals surface area contributed by atoms with Crippen molar-refractivity contribution < 1.29 is 4.79 Å². The maximum atomic E-state index is 13.4. The molecule has 0 spiro atoms. The molecule has 1 amide bonds. The molecule has 3 aromatic rings. The number of hydrogen-bond acceptors (Lipinski definition) is 4. The Balaban J connectivity index is 1.51. The topological polar surface area (TPSA) is 51.0 Å². The lowest BCUT2D eigenvalue weighted by Gasteiger charge is -2.24. The van der Waals surface area contributed by atoms with Gasteiger partial charge in [0.1, 0.15) is 10.7 Å². The lowest BCUT2D eigenvalue weighted by molar-refractivity contribution is 0.0723. The number of thiazole rings is 1. The van der Waals surface area contributed by atoms with Gasteiger partial charge in [0.15, 0.2) is 0 Å². The lowest BCUT2D eigenvalue weighted by Crippen LogP contribution is -2.32. The van der Waals surface area contributed by atoms with E-state index < -0.39 is 0 Å². The zero-order chi connectivity index (χ0) is 17.7. The maximum Gasteiger partial charge on any atom is 0.273 e. The van der Waals surface area contributed by atoms with E-state index in [1.807, 2.05) is 34.8 Å². The first-order chi connectivity index (χ1) is 12.7. The summed E-state index contributed by atoms with van der Waals surface area (Å²) in [7, 11) is 1.91. The van der Waals surface area contributed by atoms with Gasteiger partial charge in [-0.15, -0.1) is 11.3 Å². The zero-order valence-corrected chi connectivity index (χ0v) is 15.8. The second kappa shape index (κ2) is 6.20. The molecule has 5 rings (SSSR count). The first kappa shape index (κ1) is 16.0. The molecule has 0 bridgehead atoms. The van der Waals surface area contributed by atoms with E-state index in [9.17, 15) is 4.79 Å². The van der Waals surface area contributed by atoms with E-state index in [0.717, 1.165) is 60.6 Å². The zero-order valence-electron chi connectivity index (χ0n) is 14.9. The molecule has 0 saturated carbocycles. The fourth-order valence-electron chi connectivity index (χ4n) is 4.38. The summed E-state index contributed by atoms with van der Waals surface area (Å²) in [5.41, 5.74) is 4.13. The third-order valence-electron chi connectivity index (χ3n) is 5.63. The molecule has 6 heteroatoms. The van der Waals surface area contributed by atoms with Crippen LogP contribution in [-0.4, -0.2) is 32.1 Å². The van der Waals surface area contributed by atoms with Gasteiger partial charge in [0.25, 0.3) is 5.91 Å². The van der Waals surface area contributed by atoms with E-state index in [1.54, 1.807) is 11.3 Å². The minimum atomic E-state index is 0.0917. The number of likely N-dealkylation sites (tertiary alicyclic amines) is 1. The molecule has 0 unspecified atom stereocenters. The molecule has 5 nitrogen and oxygen atoms in total. The monoisotopic (exact) mass is 366 g/mol. The second-order valence-corrected chi connectivity index (χ2v) is 8.34. The molecule has 1 aliphatic carbocycles. The molecule has 2 aromatic heterocycles. The highest BCUT2D eigenvalue weighted by molar-refractivity contribution is 7.18. The highest BCUT2D eigenvalue weighted by Crippen LogP contribution is 2.38. The van der Waals surface area contributed by atoms with Crippen LogP contribution in [0.1, 0.15) is 58.5 Å². The number of amides is 1. The minimum Gasteiger partial charge on any atom is -0.328 e. The van der Waals surface area contributed by atoms with Crippen LogP contribution in [0.25, 0.3) is 10.2 Å². The van der Waals surface area contributed by atoms with Crippen molar-refractivity contribution in [2.75, 3.05) is 6.54 Å². The largest absolute Gasteiger partial charge is 0.328 e. The molecule has 26 heavy (non-hydrogen) atoms. The van der Waals surface area contributed by atoms with Crippen molar-refractivity contribution in [2.24, 2.45) is 7.05 Å². The van der Waals surface area contributed by atoms with Gasteiger partial charge in [-0.3, -0.25) is 9.48 Å². The Morgan fingerprint density at radius 1 is 1.19 bits per heavy atom. The molecule has 3 heterocycles. The van der Waals surface area contributed by atoms with Crippen molar-refractivity contribution >= 4 is 27.5 Å². The highest BCUT2D eigenvalue weighted by atomic mass is 32.1. The fraction of sp³-hybridized carbons (Fsp3) is 0.450. The molecule has 2 aliphatic rings. The Labute approximate surface area is 156 Å². The van der Waals surface area contributed by atoms with Crippen LogP contribution < -0.4 is 0 Å². The molecule has 0 N–H and O–H groups in total. The summed E-state index contributed by atoms with van der Waals surface area (Å²) in [6.07, 6.45) is 6.33. The standard InChI is InChI=1S/C20H22N4OS/c1-23-18(13-7-2-3-8-14(13)22-23)20(25)24-12-6-10-16(24)19-21-15-9-4-5-11-17(15)26-19/h4-5,9,11,16H,2-3,6-8,10,12H2,1H3/t16-/m0/s1. The lowest BCUT2D eigenvalue weighted by atomic mass is 9.95. The maximum absolute atomic E-state index is 13.4. The summed E-state index contributed by atoms with van der Waals surface area (Å²) in [5.74, 6) is 0.130. The van der Waals surface area contributed by atoms with E-state index in [4.69, 9.17) is 4.98 Å². The van der Waals surface area contributed by atoms with Gasteiger partial charge >= 0.3 is 0 Å². The first-order valence-electron chi connectivity index (χ1n) is 9.43. The number of nitrogens with zero attached hydrogens (tertiary/aromatic N) is 4. The number of carbonyl (C=O) groups is 1. The molecule has 1 aliphatic heterocycles. The Morgan fingerprint density at radius 3 is 2.92 bits per heavy atom. The van der Waals surface area contributed by atoms with Crippen LogP contribution in [0.2, 0.25) is 0 Å². The summed E-state index contributed by atoms with van der Waals surface area (Å²) >= 11 is 1.72. The van der Waals surface area contributed by atoms with E-state index in [1.165, 1.54) is 16.7 Å². The molecular weight excluding hydrogens is 344 g/mol. The van der Waals surface area contributed by atoms with Crippen LogP contribution in [0.4, 0.5) is 0 Å². The van der Waals surface area contributed by atoms with Gasteiger partial charge < -0.3 is 4.90 Å². The number of hydrogen-bond donors (Lipinski definition) is 0. The van der Waals surface area contributed by atoms with Gasteiger partial charge in [0, 0.05) is 19.2 Å². The number of benzene rings is 1. The van der Waals surface area contributed by atoms with Crippen LogP contribution in [0, 0.1) is 0 Å². The predicted octanol–water partition coefficient (Wildman–Crippen LogP) is 3.89. The van der Waals surface area contributed by atoms with Crippen LogP contribution >= 0.6 is 11.3 Å². The number of aromatic nitrogens is 3. The molecule has 1 saturated heterocycles. The Kier molecular flexibility index (Phi) is 3.81. The van der Waals surface area contributed by atoms with Crippen molar-refractivity contribution in [1.29, 1.82) is 0 Å². The van der Waals surface area contributed by atoms with Crippen LogP contribution in [0.5, 0.6) is 0 Å². The van der Waals surface area contributed by atoms with Gasteiger partial charge in [-0.25, -0.2) is 4.98 Å². The molecule has 0 radical (unpaired) electrons. The molecule has 1 fully saturated rings. The normalized spacial score (nSPS) is 19.9. The van der Waals surface area contributed by atoms with Crippen LogP contribution in [0.3, 0.4) is 0 Å². The Morgan fingerprint density at radius 2 is 2.04 bits per heavy atom. The van der Waals surface area contributed by atoms with Gasteiger partial charge in [-0.2, -0.15) is 5.10 Å². The van der Waals surface area contributed by atoms with E-state index in [-0.39, 0.29) is 11.9 Å². The smallest absolute Gasteiger partial charge is 0.273 e. The van der Waals surface area contributed by atoms with E-state index >= 15 is 0 Å². The minimum absolute atomic E-state index is 0.0917. The number of para-hydroxylation sites is 1. The van der Waals surface area contributed by atoms with Crippen molar-refractivity contribution in [1.82, 2.24) is 19.7 Å². The molecule has 1 atom stereocenters. The number of carbonyl (C=O) groups excluding carboxylic acids is 1. The molecular formula is C20H22N4OS. The van der Waals surface area contributed by atoms with Gasteiger partial charge in [-0.1, -0.05) is 12.1 Å². The number of fused-ring (bicyclic) bond motifs is 2. The third kappa shape index (κ3) is 2.47. The summed E-state index contributed by atoms with van der Waals surface area (Å²) < 4.78 is 3.01. The van der Waals surface area contributed by atoms with Gasteiger partial charge in [-0.05, 0) is 50.7 Å². The van der Waals surface area contributed by atoms with Crippen molar-refractivity contribution in [3.8, 4) is 0 Å². The van der Waals surface area contributed by atoms with Gasteiger partial charge in [0.05, 0.1) is 22.0 Å². The fourth-order valence-corrected chi connectivity index (χ4v) is 5.50. The van der Waals surface area contributed by atoms with Crippen molar-refractivity contribution in [3.05, 3.63) is 46.2 Å². The number of rotatable bonds is 2. The summed E-state index contributed by atoms with van der Waals surface area (Å²) in [6.45, 7) is 0.805. The van der Waals surface area contributed by atoms with E-state index in [0.29, 0.717) is 0 Å².